The maximum absolute atomic E-state index is 11.4. The summed E-state index contributed by atoms with van der Waals surface area (Å²) in [6, 6.07) is 14.9. The molecule has 31 heavy (non-hydrogen) atoms. The number of nitrogens with zero attached hydrogens (tertiary/aromatic N) is 3. The average molecular weight is 414 g/mol. The highest BCUT2D eigenvalue weighted by atomic mass is 16.1. The first-order valence-electron chi connectivity index (χ1n) is 11.0. The van der Waals surface area contributed by atoms with Crippen molar-refractivity contribution in [1.82, 2.24) is 19.9 Å². The lowest BCUT2D eigenvalue weighted by Crippen LogP contribution is -2.33. The van der Waals surface area contributed by atoms with Crippen LogP contribution in [0.4, 0.5) is 0 Å². The van der Waals surface area contributed by atoms with Gasteiger partial charge >= 0.3 is 0 Å². The molecule has 0 fully saturated rings. The third-order valence-electron chi connectivity index (χ3n) is 6.33. The van der Waals surface area contributed by atoms with Gasteiger partial charge in [0.2, 0.25) is 5.91 Å². The van der Waals surface area contributed by atoms with Gasteiger partial charge in [-0.2, -0.15) is 0 Å². The van der Waals surface area contributed by atoms with Crippen molar-refractivity contribution in [3.63, 3.8) is 0 Å². The Hall–Kier alpha value is -3.25. The second-order valence-corrected chi connectivity index (χ2v) is 8.35. The number of aromatic amines is 1. The van der Waals surface area contributed by atoms with Crippen molar-refractivity contribution in [3.8, 4) is 0 Å². The summed E-state index contributed by atoms with van der Waals surface area (Å²) in [5.74, 6) is -0.252. The van der Waals surface area contributed by atoms with Crippen molar-refractivity contribution in [2.45, 2.75) is 44.7 Å². The van der Waals surface area contributed by atoms with E-state index in [9.17, 15) is 4.79 Å². The Morgan fingerprint density at radius 2 is 2.00 bits per heavy atom. The molecule has 3 N–H and O–H groups in total. The van der Waals surface area contributed by atoms with Crippen LogP contribution in [0, 0.1) is 0 Å². The number of aryl methyl sites for hydroxylation is 1. The van der Waals surface area contributed by atoms with E-state index >= 15 is 0 Å². The molecule has 0 aliphatic heterocycles. The molecule has 6 nitrogen and oxygen atoms in total. The molecule has 158 valence electrons. The monoisotopic (exact) mass is 413 g/mol. The number of para-hydroxylation sites is 1. The highest BCUT2D eigenvalue weighted by Crippen LogP contribution is 2.35. The Labute approximate surface area is 181 Å². The highest BCUT2D eigenvalue weighted by molar-refractivity contribution is 6.07. The molecule has 1 atom stereocenters. The Morgan fingerprint density at radius 3 is 2.90 bits per heavy atom. The SMILES string of the molecule is NC(=O)CCCN(Cc1nccc2c1[nH]c1ccccc12)[C@H]1CCCc2cccnc21. The van der Waals surface area contributed by atoms with Gasteiger partial charge < -0.3 is 10.7 Å². The molecule has 0 bridgehead atoms. The molecule has 3 heterocycles. The van der Waals surface area contributed by atoms with E-state index in [4.69, 9.17) is 15.7 Å². The van der Waals surface area contributed by atoms with Gasteiger partial charge in [-0.05, 0) is 56.0 Å². The number of hydrogen-bond acceptors (Lipinski definition) is 4. The van der Waals surface area contributed by atoms with Crippen LogP contribution in [0.2, 0.25) is 0 Å². The average Bonchev–Trinajstić information content (AvgIpc) is 3.18. The molecule has 1 aliphatic rings. The summed E-state index contributed by atoms with van der Waals surface area (Å²) in [5.41, 5.74) is 11.1. The van der Waals surface area contributed by atoms with Gasteiger partial charge in [-0.15, -0.1) is 0 Å². The predicted molar refractivity (Wildman–Crippen MR) is 122 cm³/mol. The van der Waals surface area contributed by atoms with E-state index in [0.29, 0.717) is 13.0 Å². The highest BCUT2D eigenvalue weighted by Gasteiger charge is 2.28. The molecule has 0 unspecified atom stereocenters. The number of nitrogens with two attached hydrogens (primary N) is 1. The Bertz CT molecular complexity index is 1230. The van der Waals surface area contributed by atoms with Gasteiger partial charge in [0.25, 0.3) is 0 Å². The van der Waals surface area contributed by atoms with Crippen LogP contribution in [-0.4, -0.2) is 32.3 Å². The summed E-state index contributed by atoms with van der Waals surface area (Å²) in [4.78, 5) is 26.9. The number of rotatable bonds is 7. The summed E-state index contributed by atoms with van der Waals surface area (Å²) in [5, 5.41) is 2.41. The van der Waals surface area contributed by atoms with Crippen LogP contribution >= 0.6 is 0 Å². The van der Waals surface area contributed by atoms with Crippen LogP contribution in [-0.2, 0) is 17.8 Å². The molecule has 6 heteroatoms. The zero-order chi connectivity index (χ0) is 21.2. The predicted octanol–water partition coefficient (Wildman–Crippen LogP) is 4.26. The summed E-state index contributed by atoms with van der Waals surface area (Å²) in [6.07, 6.45) is 8.18. The molecular formula is C25H27N5O. The normalized spacial score (nSPS) is 16.1. The molecule has 1 aromatic carbocycles. The lowest BCUT2D eigenvalue weighted by Gasteiger charge is -2.35. The lowest BCUT2D eigenvalue weighted by atomic mass is 9.90. The molecule has 5 rings (SSSR count). The minimum atomic E-state index is -0.252. The van der Waals surface area contributed by atoms with E-state index in [1.807, 2.05) is 24.5 Å². The van der Waals surface area contributed by atoms with E-state index < -0.39 is 0 Å². The summed E-state index contributed by atoms with van der Waals surface area (Å²) in [7, 11) is 0. The smallest absolute Gasteiger partial charge is 0.217 e. The van der Waals surface area contributed by atoms with E-state index in [0.717, 1.165) is 54.6 Å². The molecule has 0 spiro atoms. The van der Waals surface area contributed by atoms with Crippen molar-refractivity contribution in [2.24, 2.45) is 5.73 Å². The Morgan fingerprint density at radius 1 is 1.10 bits per heavy atom. The van der Waals surface area contributed by atoms with E-state index in [-0.39, 0.29) is 11.9 Å². The number of fused-ring (bicyclic) bond motifs is 4. The number of carbonyl (C=O) groups is 1. The quantitative estimate of drug-likeness (QED) is 0.474. The molecule has 0 saturated heterocycles. The van der Waals surface area contributed by atoms with Gasteiger partial charge in [-0.25, -0.2) is 0 Å². The number of benzene rings is 1. The Balaban J connectivity index is 1.51. The number of aromatic nitrogens is 3. The van der Waals surface area contributed by atoms with Gasteiger partial charge in [0.05, 0.1) is 22.9 Å². The summed E-state index contributed by atoms with van der Waals surface area (Å²) < 4.78 is 0. The van der Waals surface area contributed by atoms with E-state index in [2.05, 4.69) is 40.2 Å². The van der Waals surface area contributed by atoms with Crippen LogP contribution in [0.5, 0.6) is 0 Å². The second kappa shape index (κ2) is 8.47. The maximum atomic E-state index is 11.4. The number of H-pyrrole nitrogens is 1. The van der Waals surface area contributed by atoms with Crippen LogP contribution in [0.25, 0.3) is 21.8 Å². The van der Waals surface area contributed by atoms with Gasteiger partial charge in [0.1, 0.15) is 0 Å². The van der Waals surface area contributed by atoms with Gasteiger partial charge in [-0.3, -0.25) is 19.7 Å². The van der Waals surface area contributed by atoms with Gasteiger partial charge in [0.15, 0.2) is 0 Å². The van der Waals surface area contributed by atoms with E-state index in [1.54, 1.807) is 0 Å². The first-order chi connectivity index (χ1) is 15.2. The topological polar surface area (TPSA) is 87.9 Å². The molecule has 4 aromatic rings. The fourth-order valence-electron chi connectivity index (χ4n) is 4.88. The molecular weight excluding hydrogens is 386 g/mol. The molecule has 0 radical (unpaired) electrons. The van der Waals surface area contributed by atoms with Crippen LogP contribution in [0.15, 0.2) is 54.9 Å². The summed E-state index contributed by atoms with van der Waals surface area (Å²) in [6.45, 7) is 1.48. The molecule has 3 aromatic heterocycles. The third-order valence-corrected chi connectivity index (χ3v) is 6.33. The largest absolute Gasteiger partial charge is 0.370 e. The number of amides is 1. The van der Waals surface area contributed by atoms with E-state index in [1.165, 1.54) is 16.3 Å². The number of pyridine rings is 2. The number of hydrogen-bond donors (Lipinski definition) is 2. The van der Waals surface area contributed by atoms with Gasteiger partial charge in [-0.1, -0.05) is 24.3 Å². The van der Waals surface area contributed by atoms with Crippen LogP contribution < -0.4 is 5.73 Å². The number of nitrogens with one attached hydrogen (secondary N) is 1. The fourth-order valence-corrected chi connectivity index (χ4v) is 4.88. The van der Waals surface area contributed by atoms with Crippen molar-refractivity contribution in [3.05, 3.63) is 71.8 Å². The number of carbonyl (C=O) groups excluding carboxylic acids is 1. The second-order valence-electron chi connectivity index (χ2n) is 8.35. The van der Waals surface area contributed by atoms with Crippen molar-refractivity contribution in [2.75, 3.05) is 6.54 Å². The zero-order valence-electron chi connectivity index (χ0n) is 17.6. The maximum Gasteiger partial charge on any atom is 0.217 e. The fraction of sp³-hybridized carbons (Fsp3) is 0.320. The molecule has 0 saturated carbocycles. The molecule has 1 amide bonds. The Kier molecular flexibility index (Phi) is 5.38. The minimum absolute atomic E-state index is 0.222. The van der Waals surface area contributed by atoms with Gasteiger partial charge in [0, 0.05) is 41.6 Å². The third kappa shape index (κ3) is 3.91. The lowest BCUT2D eigenvalue weighted by molar-refractivity contribution is -0.118. The molecule has 1 aliphatic carbocycles. The first-order valence-corrected chi connectivity index (χ1v) is 11.0. The number of primary amides is 1. The van der Waals surface area contributed by atoms with Crippen molar-refractivity contribution >= 4 is 27.7 Å². The van der Waals surface area contributed by atoms with Crippen LogP contribution in [0.3, 0.4) is 0 Å². The summed E-state index contributed by atoms with van der Waals surface area (Å²) >= 11 is 0. The first kappa shape index (κ1) is 19.7. The van der Waals surface area contributed by atoms with Crippen molar-refractivity contribution in [1.29, 1.82) is 0 Å². The van der Waals surface area contributed by atoms with Crippen molar-refractivity contribution < 1.29 is 4.79 Å². The minimum Gasteiger partial charge on any atom is -0.370 e. The standard InChI is InChI=1S/C25H27N5O/c26-23(31)11-5-15-30(22-10-3-6-17-7-4-13-28-24(17)22)16-21-25-19(12-14-27-21)18-8-1-2-9-20(18)29-25/h1-2,4,7-9,12-14,22,29H,3,5-6,10-11,15-16H2,(H2,26,31)/t22-/m0/s1. The zero-order valence-corrected chi connectivity index (χ0v) is 17.6. The van der Waals surface area contributed by atoms with Crippen LogP contribution in [0.1, 0.15) is 48.7 Å².